The Bertz CT molecular complexity index is 601. The van der Waals surface area contributed by atoms with Gasteiger partial charge in [0.2, 0.25) is 0 Å². The third-order valence-corrected chi connectivity index (χ3v) is 4.54. The molecule has 0 bridgehead atoms. The SMILES string of the molecule is CCNC(Cc1cccc(OC)c1)c1ccc(Br)cc1Br. The highest BCUT2D eigenvalue weighted by molar-refractivity contribution is 9.11. The van der Waals surface area contributed by atoms with Crippen LogP contribution in [0.1, 0.15) is 24.1 Å². The van der Waals surface area contributed by atoms with Crippen LogP contribution in [0.15, 0.2) is 51.4 Å². The summed E-state index contributed by atoms with van der Waals surface area (Å²) < 4.78 is 7.50. The Morgan fingerprint density at radius 1 is 1.14 bits per heavy atom. The Labute approximate surface area is 143 Å². The van der Waals surface area contributed by atoms with Crippen LogP contribution in [0.2, 0.25) is 0 Å². The van der Waals surface area contributed by atoms with E-state index in [1.807, 2.05) is 12.1 Å². The van der Waals surface area contributed by atoms with Gasteiger partial charge in [-0.15, -0.1) is 0 Å². The molecular formula is C17H19Br2NO. The maximum absolute atomic E-state index is 5.31. The Morgan fingerprint density at radius 2 is 1.95 bits per heavy atom. The lowest BCUT2D eigenvalue weighted by atomic mass is 9.98. The molecule has 1 unspecified atom stereocenters. The summed E-state index contributed by atoms with van der Waals surface area (Å²) in [6.45, 7) is 3.06. The molecule has 0 radical (unpaired) electrons. The highest BCUT2D eigenvalue weighted by atomic mass is 79.9. The van der Waals surface area contributed by atoms with Gasteiger partial charge >= 0.3 is 0 Å². The van der Waals surface area contributed by atoms with Gasteiger partial charge in [-0.1, -0.05) is 57.0 Å². The van der Waals surface area contributed by atoms with Crippen molar-refractivity contribution < 1.29 is 4.74 Å². The van der Waals surface area contributed by atoms with Crippen molar-refractivity contribution in [3.8, 4) is 5.75 Å². The van der Waals surface area contributed by atoms with Gasteiger partial charge in [0.15, 0.2) is 0 Å². The number of hydrogen-bond donors (Lipinski definition) is 1. The quantitative estimate of drug-likeness (QED) is 0.711. The fourth-order valence-corrected chi connectivity index (χ4v) is 3.68. The highest BCUT2D eigenvalue weighted by Gasteiger charge is 2.14. The number of rotatable bonds is 6. The second kappa shape index (κ2) is 7.97. The van der Waals surface area contributed by atoms with E-state index in [0.717, 1.165) is 27.7 Å². The van der Waals surface area contributed by atoms with Crippen molar-refractivity contribution in [3.05, 3.63) is 62.5 Å². The zero-order chi connectivity index (χ0) is 15.2. The van der Waals surface area contributed by atoms with Gasteiger partial charge in [-0.25, -0.2) is 0 Å². The van der Waals surface area contributed by atoms with Crippen LogP contribution in [-0.2, 0) is 6.42 Å². The summed E-state index contributed by atoms with van der Waals surface area (Å²) in [5.41, 5.74) is 2.53. The highest BCUT2D eigenvalue weighted by Crippen LogP contribution is 2.29. The number of hydrogen-bond acceptors (Lipinski definition) is 2. The maximum Gasteiger partial charge on any atom is 0.119 e. The number of methoxy groups -OCH3 is 1. The standard InChI is InChI=1S/C17H19Br2NO/c1-3-20-17(15-8-7-13(18)11-16(15)19)10-12-5-4-6-14(9-12)21-2/h4-9,11,17,20H,3,10H2,1-2H3. The van der Waals surface area contributed by atoms with Gasteiger partial charge < -0.3 is 10.1 Å². The van der Waals surface area contributed by atoms with E-state index in [-0.39, 0.29) is 6.04 Å². The topological polar surface area (TPSA) is 21.3 Å². The zero-order valence-corrected chi connectivity index (χ0v) is 15.4. The fraction of sp³-hybridized carbons (Fsp3) is 0.294. The number of nitrogens with one attached hydrogen (secondary N) is 1. The summed E-state index contributed by atoms with van der Waals surface area (Å²) in [6.07, 6.45) is 0.922. The van der Waals surface area contributed by atoms with Crippen molar-refractivity contribution in [1.29, 1.82) is 0 Å². The second-order valence-corrected chi connectivity index (χ2v) is 6.60. The summed E-state index contributed by atoms with van der Waals surface area (Å²) in [4.78, 5) is 0. The van der Waals surface area contributed by atoms with E-state index in [0.29, 0.717) is 0 Å². The van der Waals surface area contributed by atoms with Gasteiger partial charge in [0, 0.05) is 15.0 Å². The first-order valence-electron chi connectivity index (χ1n) is 6.95. The summed E-state index contributed by atoms with van der Waals surface area (Å²) in [7, 11) is 1.70. The van der Waals surface area contributed by atoms with Crippen LogP contribution in [0.25, 0.3) is 0 Å². The first-order valence-corrected chi connectivity index (χ1v) is 8.54. The Balaban J connectivity index is 2.26. The molecule has 0 aliphatic rings. The van der Waals surface area contributed by atoms with E-state index in [2.05, 4.69) is 74.4 Å². The van der Waals surface area contributed by atoms with Gasteiger partial charge in [0.25, 0.3) is 0 Å². The molecule has 0 amide bonds. The molecule has 2 aromatic carbocycles. The molecule has 0 fully saturated rings. The van der Waals surface area contributed by atoms with Crippen molar-refractivity contribution in [2.45, 2.75) is 19.4 Å². The molecule has 0 heterocycles. The lowest BCUT2D eigenvalue weighted by molar-refractivity contribution is 0.414. The fourth-order valence-electron chi connectivity index (χ4n) is 2.36. The van der Waals surface area contributed by atoms with E-state index in [9.17, 15) is 0 Å². The lowest BCUT2D eigenvalue weighted by Gasteiger charge is -2.20. The summed E-state index contributed by atoms with van der Waals surface area (Å²) in [6, 6.07) is 14.8. The van der Waals surface area contributed by atoms with Crippen LogP contribution in [0, 0.1) is 0 Å². The molecular weight excluding hydrogens is 394 g/mol. The van der Waals surface area contributed by atoms with Gasteiger partial charge in [-0.05, 0) is 48.4 Å². The average molecular weight is 413 g/mol. The summed E-state index contributed by atoms with van der Waals surface area (Å²) in [5, 5.41) is 3.56. The smallest absolute Gasteiger partial charge is 0.119 e. The van der Waals surface area contributed by atoms with E-state index < -0.39 is 0 Å². The molecule has 0 spiro atoms. The predicted octanol–water partition coefficient (Wildman–Crippen LogP) is 5.11. The third kappa shape index (κ3) is 4.56. The van der Waals surface area contributed by atoms with Crippen LogP contribution in [0.4, 0.5) is 0 Å². The van der Waals surface area contributed by atoms with Crippen LogP contribution in [-0.4, -0.2) is 13.7 Å². The van der Waals surface area contributed by atoms with Gasteiger partial charge in [-0.2, -0.15) is 0 Å². The minimum Gasteiger partial charge on any atom is -0.497 e. The first kappa shape index (κ1) is 16.5. The molecule has 2 aromatic rings. The minimum absolute atomic E-state index is 0.268. The first-order chi connectivity index (χ1) is 10.1. The van der Waals surface area contributed by atoms with Crippen LogP contribution in [0.5, 0.6) is 5.75 Å². The molecule has 112 valence electrons. The van der Waals surface area contributed by atoms with Crippen LogP contribution in [0.3, 0.4) is 0 Å². The van der Waals surface area contributed by atoms with E-state index in [4.69, 9.17) is 4.74 Å². The zero-order valence-electron chi connectivity index (χ0n) is 12.2. The molecule has 1 atom stereocenters. The van der Waals surface area contributed by atoms with Gasteiger partial charge in [0.1, 0.15) is 5.75 Å². The van der Waals surface area contributed by atoms with Gasteiger partial charge in [-0.3, -0.25) is 0 Å². The summed E-state index contributed by atoms with van der Waals surface area (Å²) >= 11 is 7.17. The van der Waals surface area contributed by atoms with Crippen LogP contribution < -0.4 is 10.1 Å². The molecule has 21 heavy (non-hydrogen) atoms. The number of benzene rings is 2. The molecule has 4 heteroatoms. The van der Waals surface area contributed by atoms with E-state index >= 15 is 0 Å². The Kier molecular flexibility index (Phi) is 6.27. The number of likely N-dealkylation sites (N-methyl/N-ethyl adjacent to an activating group) is 1. The van der Waals surface area contributed by atoms with Crippen molar-refractivity contribution in [2.75, 3.05) is 13.7 Å². The van der Waals surface area contributed by atoms with Crippen LogP contribution >= 0.6 is 31.9 Å². The Morgan fingerprint density at radius 3 is 2.62 bits per heavy atom. The molecule has 0 aliphatic carbocycles. The van der Waals surface area contributed by atoms with Crippen molar-refractivity contribution in [1.82, 2.24) is 5.32 Å². The van der Waals surface area contributed by atoms with Gasteiger partial charge in [0.05, 0.1) is 7.11 Å². The minimum atomic E-state index is 0.268. The van der Waals surface area contributed by atoms with Crippen molar-refractivity contribution >= 4 is 31.9 Å². The molecule has 0 aliphatic heterocycles. The number of ether oxygens (including phenoxy) is 1. The molecule has 2 nitrogen and oxygen atoms in total. The number of halogens is 2. The van der Waals surface area contributed by atoms with E-state index in [1.54, 1.807) is 7.11 Å². The molecule has 0 saturated heterocycles. The van der Waals surface area contributed by atoms with Crippen molar-refractivity contribution in [3.63, 3.8) is 0 Å². The molecule has 0 aromatic heterocycles. The molecule has 2 rings (SSSR count). The maximum atomic E-state index is 5.31. The lowest BCUT2D eigenvalue weighted by Crippen LogP contribution is -2.23. The van der Waals surface area contributed by atoms with E-state index in [1.165, 1.54) is 11.1 Å². The largest absolute Gasteiger partial charge is 0.497 e. The third-order valence-electron chi connectivity index (χ3n) is 3.36. The normalized spacial score (nSPS) is 12.2. The monoisotopic (exact) mass is 411 g/mol. The second-order valence-electron chi connectivity index (χ2n) is 4.83. The Hall–Kier alpha value is -0.840. The average Bonchev–Trinajstić information content (AvgIpc) is 2.47. The molecule has 1 N–H and O–H groups in total. The predicted molar refractivity (Wildman–Crippen MR) is 95.0 cm³/mol. The van der Waals surface area contributed by atoms with Crippen molar-refractivity contribution in [2.24, 2.45) is 0 Å². The summed E-state index contributed by atoms with van der Waals surface area (Å²) in [5.74, 6) is 0.901. The molecule has 0 saturated carbocycles.